The molecule has 0 atom stereocenters. The van der Waals surface area contributed by atoms with Gasteiger partial charge in [-0.2, -0.15) is 5.10 Å². The molecule has 0 spiro atoms. The molecule has 0 unspecified atom stereocenters. The second kappa shape index (κ2) is 9.23. The maximum atomic E-state index is 12.9. The maximum absolute atomic E-state index is 12.9. The van der Waals surface area contributed by atoms with Gasteiger partial charge in [0.05, 0.1) is 16.6 Å². The number of hydrogen-bond acceptors (Lipinski definition) is 5. The summed E-state index contributed by atoms with van der Waals surface area (Å²) < 4.78 is 1.26. The van der Waals surface area contributed by atoms with Crippen LogP contribution in [-0.4, -0.2) is 34.5 Å². The largest absolute Gasteiger partial charge is 0.314 e. The number of hydrogen-bond donors (Lipinski definition) is 2. The summed E-state index contributed by atoms with van der Waals surface area (Å²) in [6, 6.07) is 13.4. The van der Waals surface area contributed by atoms with Crippen molar-refractivity contribution in [3.05, 3.63) is 70.1 Å². The smallest absolute Gasteiger partial charge is 0.290 e. The number of fused-ring (bicyclic) bond motifs is 1. The van der Waals surface area contributed by atoms with Gasteiger partial charge in [-0.25, -0.2) is 4.68 Å². The first kappa shape index (κ1) is 22.2. The van der Waals surface area contributed by atoms with Crippen molar-refractivity contribution >= 4 is 34.2 Å². The lowest BCUT2D eigenvalue weighted by molar-refractivity contribution is -0.119. The van der Waals surface area contributed by atoms with E-state index in [4.69, 9.17) is 0 Å². The first-order valence-electron chi connectivity index (χ1n) is 10.9. The van der Waals surface area contributed by atoms with Crippen molar-refractivity contribution in [2.45, 2.75) is 32.7 Å². The highest BCUT2D eigenvalue weighted by Gasteiger charge is 2.33. The molecule has 0 aliphatic heterocycles. The molecule has 3 amide bonds. The average Bonchev–Trinajstić information content (AvgIpc) is 3.69. The van der Waals surface area contributed by atoms with Crippen molar-refractivity contribution in [3.8, 4) is 0 Å². The standard InChI is InChI=1S/C24H25N5O4/c1-3-14-29-24(33)17-9-5-4-8-16(17)20(27-29)22(31)26-25-21(30)18-10-6-7-11-19(18)28(2)23(32)15-12-13-15/h4-11,15H,3,12-14H2,1-2H3,(H,25,30)(H,26,31). The van der Waals surface area contributed by atoms with Crippen LogP contribution in [0.25, 0.3) is 10.8 Å². The second-order valence-corrected chi connectivity index (χ2v) is 8.02. The zero-order valence-corrected chi connectivity index (χ0v) is 18.5. The Morgan fingerprint density at radius 1 is 1.00 bits per heavy atom. The van der Waals surface area contributed by atoms with Gasteiger partial charge in [-0.3, -0.25) is 30.0 Å². The molecular formula is C24H25N5O4. The molecule has 1 heterocycles. The Balaban J connectivity index is 1.56. The van der Waals surface area contributed by atoms with Crippen LogP contribution in [0, 0.1) is 5.92 Å². The quantitative estimate of drug-likeness (QED) is 0.563. The molecule has 1 aliphatic carbocycles. The highest BCUT2D eigenvalue weighted by Crippen LogP contribution is 2.33. The van der Waals surface area contributed by atoms with Crippen LogP contribution in [0.4, 0.5) is 5.69 Å². The van der Waals surface area contributed by atoms with E-state index in [0.29, 0.717) is 29.4 Å². The molecule has 3 aromatic rings. The molecular weight excluding hydrogens is 422 g/mol. The fourth-order valence-corrected chi connectivity index (χ4v) is 3.69. The lowest BCUT2D eigenvalue weighted by atomic mass is 10.1. The third kappa shape index (κ3) is 4.48. The fourth-order valence-electron chi connectivity index (χ4n) is 3.69. The number of rotatable bonds is 6. The zero-order valence-electron chi connectivity index (χ0n) is 18.5. The van der Waals surface area contributed by atoms with Gasteiger partial charge in [0.2, 0.25) is 5.91 Å². The van der Waals surface area contributed by atoms with E-state index in [1.54, 1.807) is 55.6 Å². The molecule has 1 saturated carbocycles. The SMILES string of the molecule is CCCn1nc(C(=O)NNC(=O)c2ccccc2N(C)C(=O)C2CC2)c2ccccc2c1=O. The molecule has 33 heavy (non-hydrogen) atoms. The monoisotopic (exact) mass is 447 g/mol. The number of para-hydroxylation sites is 1. The van der Waals surface area contributed by atoms with E-state index < -0.39 is 11.8 Å². The van der Waals surface area contributed by atoms with Gasteiger partial charge < -0.3 is 4.90 Å². The van der Waals surface area contributed by atoms with Gasteiger partial charge in [0.15, 0.2) is 5.69 Å². The van der Waals surface area contributed by atoms with Crippen LogP contribution >= 0.6 is 0 Å². The Hall–Kier alpha value is -4.01. The number of aromatic nitrogens is 2. The van der Waals surface area contributed by atoms with Crippen molar-refractivity contribution < 1.29 is 14.4 Å². The van der Waals surface area contributed by atoms with Crippen LogP contribution in [0.3, 0.4) is 0 Å². The molecule has 9 heteroatoms. The minimum Gasteiger partial charge on any atom is -0.314 e. The van der Waals surface area contributed by atoms with Crippen molar-refractivity contribution in [2.24, 2.45) is 5.92 Å². The molecule has 2 aromatic carbocycles. The Morgan fingerprint density at radius 3 is 2.33 bits per heavy atom. The molecule has 4 rings (SSSR count). The third-order valence-electron chi connectivity index (χ3n) is 5.57. The number of nitrogens with one attached hydrogen (secondary N) is 2. The number of benzene rings is 2. The molecule has 1 aromatic heterocycles. The van der Waals surface area contributed by atoms with Gasteiger partial charge in [-0.15, -0.1) is 0 Å². The lowest BCUT2D eigenvalue weighted by Crippen LogP contribution is -2.43. The molecule has 1 fully saturated rings. The van der Waals surface area contributed by atoms with Crippen LogP contribution in [0.1, 0.15) is 47.0 Å². The number of carbonyl (C=O) groups is 3. The van der Waals surface area contributed by atoms with Crippen LogP contribution < -0.4 is 21.3 Å². The topological polar surface area (TPSA) is 113 Å². The van der Waals surface area contributed by atoms with Gasteiger partial charge in [0.1, 0.15) is 0 Å². The fraction of sp³-hybridized carbons (Fsp3) is 0.292. The predicted octanol–water partition coefficient (Wildman–Crippen LogP) is 2.25. The first-order chi connectivity index (χ1) is 15.9. The van der Waals surface area contributed by atoms with Gasteiger partial charge >= 0.3 is 0 Å². The molecule has 0 radical (unpaired) electrons. The Labute approximate surface area is 190 Å². The minimum absolute atomic E-state index is 0.00368. The summed E-state index contributed by atoms with van der Waals surface area (Å²) in [5, 5.41) is 5.00. The molecule has 170 valence electrons. The van der Waals surface area contributed by atoms with E-state index in [1.165, 1.54) is 9.58 Å². The maximum Gasteiger partial charge on any atom is 0.290 e. The van der Waals surface area contributed by atoms with E-state index in [-0.39, 0.29) is 28.6 Å². The van der Waals surface area contributed by atoms with Gasteiger partial charge in [0.25, 0.3) is 17.4 Å². The number of anilines is 1. The average molecular weight is 447 g/mol. The van der Waals surface area contributed by atoms with E-state index >= 15 is 0 Å². The molecule has 2 N–H and O–H groups in total. The van der Waals surface area contributed by atoms with Gasteiger partial charge in [0, 0.05) is 24.9 Å². The molecule has 0 bridgehead atoms. The summed E-state index contributed by atoms with van der Waals surface area (Å²) in [6.45, 7) is 2.27. The number of nitrogens with zero attached hydrogens (tertiary/aromatic N) is 3. The molecule has 1 aliphatic rings. The number of hydrazine groups is 1. The normalized spacial score (nSPS) is 12.9. The zero-order chi connectivity index (χ0) is 23.5. The molecule has 0 saturated heterocycles. The van der Waals surface area contributed by atoms with E-state index in [2.05, 4.69) is 16.0 Å². The van der Waals surface area contributed by atoms with E-state index in [1.807, 2.05) is 6.92 Å². The summed E-state index contributed by atoms with van der Waals surface area (Å²) in [7, 11) is 1.64. The summed E-state index contributed by atoms with van der Waals surface area (Å²) in [6.07, 6.45) is 2.39. The Morgan fingerprint density at radius 2 is 1.64 bits per heavy atom. The van der Waals surface area contributed by atoms with Gasteiger partial charge in [-0.05, 0) is 37.5 Å². The number of carbonyl (C=O) groups excluding carboxylic acids is 3. The lowest BCUT2D eigenvalue weighted by Gasteiger charge is -2.20. The highest BCUT2D eigenvalue weighted by atomic mass is 16.2. The molecule has 9 nitrogen and oxygen atoms in total. The highest BCUT2D eigenvalue weighted by molar-refractivity contribution is 6.08. The Kier molecular flexibility index (Phi) is 6.21. The van der Waals surface area contributed by atoms with Crippen LogP contribution in [0.15, 0.2) is 53.3 Å². The first-order valence-corrected chi connectivity index (χ1v) is 10.9. The minimum atomic E-state index is -0.649. The Bertz CT molecular complexity index is 1300. The van der Waals surface area contributed by atoms with Crippen LogP contribution in [0.5, 0.6) is 0 Å². The predicted molar refractivity (Wildman–Crippen MR) is 124 cm³/mol. The van der Waals surface area contributed by atoms with Crippen LogP contribution in [0.2, 0.25) is 0 Å². The second-order valence-electron chi connectivity index (χ2n) is 8.02. The van der Waals surface area contributed by atoms with Crippen molar-refractivity contribution in [1.82, 2.24) is 20.6 Å². The van der Waals surface area contributed by atoms with Crippen molar-refractivity contribution in [1.29, 1.82) is 0 Å². The summed E-state index contributed by atoms with van der Waals surface area (Å²) in [4.78, 5) is 52.3. The summed E-state index contributed by atoms with van der Waals surface area (Å²) in [5.41, 5.74) is 5.27. The summed E-state index contributed by atoms with van der Waals surface area (Å²) >= 11 is 0. The van der Waals surface area contributed by atoms with Gasteiger partial charge in [-0.1, -0.05) is 37.3 Å². The summed E-state index contributed by atoms with van der Waals surface area (Å²) in [5.74, 6) is -1.25. The number of aryl methyl sites for hydroxylation is 1. The van der Waals surface area contributed by atoms with E-state index in [0.717, 1.165) is 12.8 Å². The van der Waals surface area contributed by atoms with Crippen molar-refractivity contribution in [2.75, 3.05) is 11.9 Å². The number of amides is 3. The van der Waals surface area contributed by atoms with Crippen molar-refractivity contribution in [3.63, 3.8) is 0 Å². The third-order valence-corrected chi connectivity index (χ3v) is 5.57. The van der Waals surface area contributed by atoms with Crippen LogP contribution in [-0.2, 0) is 11.3 Å². The van der Waals surface area contributed by atoms with E-state index in [9.17, 15) is 19.2 Å².